The maximum atomic E-state index is 13.5. The van der Waals surface area contributed by atoms with Gasteiger partial charge in [-0.05, 0) is 36.8 Å². The maximum Gasteiger partial charge on any atom is 0.264 e. The van der Waals surface area contributed by atoms with Crippen molar-refractivity contribution in [1.29, 1.82) is 0 Å². The van der Waals surface area contributed by atoms with Crippen molar-refractivity contribution >= 4 is 21.6 Å². The van der Waals surface area contributed by atoms with E-state index in [4.69, 9.17) is 0 Å². The summed E-state index contributed by atoms with van der Waals surface area (Å²) >= 11 is 0. The van der Waals surface area contributed by atoms with Crippen molar-refractivity contribution in [3.05, 3.63) is 96.1 Å². The van der Waals surface area contributed by atoms with Crippen LogP contribution in [0.4, 0.5) is 5.69 Å². The van der Waals surface area contributed by atoms with Crippen LogP contribution in [0.2, 0.25) is 0 Å². The molecule has 1 amide bonds. The summed E-state index contributed by atoms with van der Waals surface area (Å²) in [5.41, 5.74) is 1.49. The third-order valence-corrected chi connectivity index (χ3v) is 6.03. The van der Waals surface area contributed by atoms with E-state index in [2.05, 4.69) is 5.32 Å². The fraction of sp³-hybridized carbons (Fsp3) is 0.136. The number of carbonyl (C=O) groups is 1. The molecule has 28 heavy (non-hydrogen) atoms. The zero-order valence-corrected chi connectivity index (χ0v) is 16.4. The number of carbonyl (C=O) groups excluding carboxylic acids is 1. The SMILES string of the molecule is CCNC(=O)c1ccccc1N(Cc1ccccc1)S(=O)(=O)c1ccccc1. The number of benzene rings is 3. The van der Waals surface area contributed by atoms with Gasteiger partial charge in [-0.3, -0.25) is 9.10 Å². The highest BCUT2D eigenvalue weighted by Gasteiger charge is 2.28. The Kier molecular flexibility index (Phi) is 6.11. The van der Waals surface area contributed by atoms with E-state index in [9.17, 15) is 13.2 Å². The lowest BCUT2D eigenvalue weighted by atomic mass is 10.1. The number of nitrogens with one attached hydrogen (secondary N) is 1. The van der Waals surface area contributed by atoms with Gasteiger partial charge in [0.2, 0.25) is 0 Å². The summed E-state index contributed by atoms with van der Waals surface area (Å²) in [5, 5.41) is 2.75. The molecule has 5 nitrogen and oxygen atoms in total. The number of hydrogen-bond donors (Lipinski definition) is 1. The highest BCUT2D eigenvalue weighted by Crippen LogP contribution is 2.29. The summed E-state index contributed by atoms with van der Waals surface area (Å²) in [4.78, 5) is 12.7. The number of anilines is 1. The molecule has 0 radical (unpaired) electrons. The molecule has 0 heterocycles. The van der Waals surface area contributed by atoms with Gasteiger partial charge in [-0.2, -0.15) is 0 Å². The second-order valence-corrected chi connectivity index (χ2v) is 8.05. The van der Waals surface area contributed by atoms with Crippen molar-refractivity contribution < 1.29 is 13.2 Å². The molecule has 144 valence electrons. The minimum Gasteiger partial charge on any atom is -0.352 e. The van der Waals surface area contributed by atoms with Gasteiger partial charge in [0.05, 0.1) is 22.7 Å². The van der Waals surface area contributed by atoms with Crippen LogP contribution in [-0.4, -0.2) is 20.9 Å². The van der Waals surface area contributed by atoms with E-state index in [1.54, 1.807) is 54.6 Å². The third kappa shape index (κ3) is 4.23. The Labute approximate surface area is 165 Å². The second-order valence-electron chi connectivity index (χ2n) is 6.19. The van der Waals surface area contributed by atoms with Crippen LogP contribution in [0.1, 0.15) is 22.8 Å². The molecule has 0 aliphatic carbocycles. The summed E-state index contributed by atoms with van der Waals surface area (Å²) in [5.74, 6) is -0.306. The quantitative estimate of drug-likeness (QED) is 0.662. The van der Waals surface area contributed by atoms with Crippen LogP contribution in [0, 0.1) is 0 Å². The Hall–Kier alpha value is -3.12. The molecular weight excluding hydrogens is 372 g/mol. The van der Waals surface area contributed by atoms with E-state index in [1.165, 1.54) is 4.31 Å². The van der Waals surface area contributed by atoms with Gasteiger partial charge >= 0.3 is 0 Å². The van der Waals surface area contributed by atoms with Crippen molar-refractivity contribution in [3.63, 3.8) is 0 Å². The lowest BCUT2D eigenvalue weighted by Gasteiger charge is -2.26. The molecule has 0 aliphatic heterocycles. The van der Waals surface area contributed by atoms with Gasteiger partial charge in [0.15, 0.2) is 0 Å². The smallest absolute Gasteiger partial charge is 0.264 e. The molecule has 0 saturated heterocycles. The van der Waals surface area contributed by atoms with E-state index >= 15 is 0 Å². The fourth-order valence-corrected chi connectivity index (χ4v) is 4.40. The Morgan fingerprint density at radius 1 is 0.857 bits per heavy atom. The Morgan fingerprint density at radius 3 is 2.07 bits per heavy atom. The predicted molar refractivity (Wildman–Crippen MR) is 111 cm³/mol. The molecule has 1 N–H and O–H groups in total. The Balaban J connectivity index is 2.14. The van der Waals surface area contributed by atoms with E-state index < -0.39 is 10.0 Å². The van der Waals surface area contributed by atoms with Crippen LogP contribution in [0.5, 0.6) is 0 Å². The molecule has 0 aliphatic rings. The van der Waals surface area contributed by atoms with Crippen molar-refractivity contribution in [1.82, 2.24) is 5.32 Å². The minimum atomic E-state index is -3.87. The highest BCUT2D eigenvalue weighted by atomic mass is 32.2. The molecule has 0 spiro atoms. The van der Waals surface area contributed by atoms with Crippen LogP contribution in [0.15, 0.2) is 89.8 Å². The lowest BCUT2D eigenvalue weighted by Crippen LogP contribution is -2.33. The summed E-state index contributed by atoms with van der Waals surface area (Å²) in [7, 11) is -3.87. The molecule has 0 unspecified atom stereocenters. The first-order valence-corrected chi connectivity index (χ1v) is 10.5. The van der Waals surface area contributed by atoms with Crippen LogP contribution >= 0.6 is 0 Å². The normalized spacial score (nSPS) is 11.0. The summed E-state index contributed by atoms with van der Waals surface area (Å²) in [6.07, 6.45) is 0. The number of hydrogen-bond acceptors (Lipinski definition) is 3. The molecule has 6 heteroatoms. The number of rotatable bonds is 7. The molecule has 3 aromatic rings. The number of nitrogens with zero attached hydrogens (tertiary/aromatic N) is 1. The number of sulfonamides is 1. The van der Waals surface area contributed by atoms with Gasteiger partial charge in [-0.15, -0.1) is 0 Å². The molecule has 0 fully saturated rings. The standard InChI is InChI=1S/C22H22N2O3S/c1-2-23-22(25)20-15-9-10-16-21(20)24(17-18-11-5-3-6-12-18)28(26,27)19-13-7-4-8-14-19/h3-16H,2,17H2,1H3,(H,23,25). The monoisotopic (exact) mass is 394 g/mol. The van der Waals surface area contributed by atoms with E-state index in [1.807, 2.05) is 37.3 Å². The molecule has 0 saturated carbocycles. The molecule has 0 bridgehead atoms. The summed E-state index contributed by atoms with van der Waals surface area (Å²) in [6.45, 7) is 2.40. The third-order valence-electron chi connectivity index (χ3n) is 4.25. The largest absolute Gasteiger partial charge is 0.352 e. The minimum absolute atomic E-state index is 0.120. The van der Waals surface area contributed by atoms with Gasteiger partial charge in [0, 0.05) is 6.54 Å². The van der Waals surface area contributed by atoms with Gasteiger partial charge in [-0.25, -0.2) is 8.42 Å². The van der Waals surface area contributed by atoms with Gasteiger partial charge < -0.3 is 5.32 Å². The van der Waals surface area contributed by atoms with Crippen LogP contribution < -0.4 is 9.62 Å². The molecule has 3 rings (SSSR count). The first-order valence-electron chi connectivity index (χ1n) is 9.03. The average molecular weight is 394 g/mol. The van der Waals surface area contributed by atoms with Gasteiger partial charge in [-0.1, -0.05) is 60.7 Å². The topological polar surface area (TPSA) is 66.5 Å². The zero-order valence-electron chi connectivity index (χ0n) is 15.6. The summed E-state index contributed by atoms with van der Waals surface area (Å²) < 4.78 is 28.2. The van der Waals surface area contributed by atoms with Crippen molar-refractivity contribution in [2.45, 2.75) is 18.4 Å². The van der Waals surface area contributed by atoms with Crippen LogP contribution in [0.25, 0.3) is 0 Å². The van der Waals surface area contributed by atoms with Crippen LogP contribution in [0.3, 0.4) is 0 Å². The molecule has 0 atom stereocenters. The Bertz CT molecular complexity index is 1040. The summed E-state index contributed by atoms with van der Waals surface area (Å²) in [6, 6.07) is 24.3. The maximum absolute atomic E-state index is 13.5. The van der Waals surface area contributed by atoms with E-state index in [0.29, 0.717) is 17.8 Å². The van der Waals surface area contributed by atoms with Gasteiger partial charge in [0.1, 0.15) is 0 Å². The molecular formula is C22H22N2O3S. The molecule has 0 aromatic heterocycles. The number of amides is 1. The average Bonchev–Trinajstić information content (AvgIpc) is 2.73. The molecule has 3 aromatic carbocycles. The van der Waals surface area contributed by atoms with Crippen molar-refractivity contribution in [3.8, 4) is 0 Å². The van der Waals surface area contributed by atoms with Crippen molar-refractivity contribution in [2.75, 3.05) is 10.8 Å². The zero-order chi connectivity index (χ0) is 20.0. The highest BCUT2D eigenvalue weighted by molar-refractivity contribution is 7.92. The van der Waals surface area contributed by atoms with Crippen molar-refractivity contribution in [2.24, 2.45) is 0 Å². The van der Waals surface area contributed by atoms with E-state index in [0.717, 1.165) is 5.56 Å². The lowest BCUT2D eigenvalue weighted by molar-refractivity contribution is 0.0956. The van der Waals surface area contributed by atoms with Gasteiger partial charge in [0.25, 0.3) is 15.9 Å². The first-order chi connectivity index (χ1) is 13.5. The first kappa shape index (κ1) is 19.6. The Morgan fingerprint density at radius 2 is 1.43 bits per heavy atom. The van der Waals surface area contributed by atoms with Crippen LogP contribution in [-0.2, 0) is 16.6 Å². The fourth-order valence-electron chi connectivity index (χ4n) is 2.91. The predicted octanol–water partition coefficient (Wildman–Crippen LogP) is 3.83. The number of para-hydroxylation sites is 1. The second kappa shape index (κ2) is 8.71. The van der Waals surface area contributed by atoms with E-state index in [-0.39, 0.29) is 17.3 Å².